The monoisotopic (exact) mass is 298 g/mol. The second-order valence-electron chi connectivity index (χ2n) is 6.85. The highest BCUT2D eigenvalue weighted by Crippen LogP contribution is 2.31. The van der Waals surface area contributed by atoms with Gasteiger partial charge in [-0.2, -0.15) is 11.8 Å². The number of carbonyl (C=O) groups is 2. The van der Waals surface area contributed by atoms with Gasteiger partial charge in [-0.3, -0.25) is 9.59 Å². The third-order valence-corrected chi connectivity index (χ3v) is 5.41. The van der Waals surface area contributed by atoms with Crippen LogP contribution in [0.15, 0.2) is 0 Å². The van der Waals surface area contributed by atoms with Crippen molar-refractivity contribution < 1.29 is 9.59 Å². The van der Waals surface area contributed by atoms with Gasteiger partial charge in [0.05, 0.1) is 0 Å². The molecular weight excluding hydrogens is 272 g/mol. The number of nitrogens with zero attached hydrogens (tertiary/aromatic N) is 1. The van der Waals surface area contributed by atoms with Crippen molar-refractivity contribution in [2.24, 2.45) is 5.41 Å². The Labute approximate surface area is 126 Å². The Balaban J connectivity index is 2.27. The average molecular weight is 298 g/mol. The van der Waals surface area contributed by atoms with Crippen LogP contribution in [0.1, 0.15) is 47.0 Å². The van der Waals surface area contributed by atoms with E-state index in [0.717, 1.165) is 18.6 Å². The van der Waals surface area contributed by atoms with Crippen molar-refractivity contribution in [3.05, 3.63) is 0 Å². The molecule has 2 saturated heterocycles. The molecule has 0 aromatic rings. The Hall–Kier alpha value is -0.710. The number of thioether (sulfide) groups is 1. The lowest BCUT2D eigenvalue weighted by Crippen LogP contribution is -2.68. The Morgan fingerprint density at radius 1 is 1.35 bits per heavy atom. The fraction of sp³-hybridized carbons (Fsp3) is 0.867. The number of rotatable bonds is 2. The van der Waals surface area contributed by atoms with Gasteiger partial charge in [-0.25, -0.2) is 0 Å². The molecule has 0 saturated carbocycles. The van der Waals surface area contributed by atoms with E-state index < -0.39 is 6.04 Å². The standard InChI is InChI=1S/C15H26N2O2S/c1-5-11-13(18)16-12(15(2,3)4)14(19)17(11)10-7-6-8-20-9-10/h10-12H,5-9H2,1-4H3,(H,16,18). The van der Waals surface area contributed by atoms with Crippen LogP contribution in [0, 0.1) is 5.41 Å². The molecule has 0 radical (unpaired) electrons. The number of amides is 2. The fourth-order valence-electron chi connectivity index (χ4n) is 3.08. The van der Waals surface area contributed by atoms with Gasteiger partial charge in [-0.05, 0) is 30.4 Å². The summed E-state index contributed by atoms with van der Waals surface area (Å²) in [4.78, 5) is 27.2. The number of hydrogen-bond donors (Lipinski definition) is 1. The topological polar surface area (TPSA) is 49.4 Å². The lowest BCUT2D eigenvalue weighted by molar-refractivity contribution is -0.155. The number of carbonyl (C=O) groups excluding carboxylic acids is 2. The molecule has 3 atom stereocenters. The zero-order valence-electron chi connectivity index (χ0n) is 12.9. The molecule has 0 aromatic heterocycles. The molecule has 2 aliphatic heterocycles. The van der Waals surface area contributed by atoms with Crippen molar-refractivity contribution in [1.82, 2.24) is 10.2 Å². The van der Waals surface area contributed by atoms with Crippen molar-refractivity contribution in [1.29, 1.82) is 0 Å². The van der Waals surface area contributed by atoms with Crippen LogP contribution in [0.5, 0.6) is 0 Å². The maximum absolute atomic E-state index is 12.9. The summed E-state index contributed by atoms with van der Waals surface area (Å²) < 4.78 is 0. The van der Waals surface area contributed by atoms with Gasteiger partial charge < -0.3 is 10.2 Å². The molecule has 1 N–H and O–H groups in total. The molecule has 0 bridgehead atoms. The normalized spacial score (nSPS) is 32.2. The molecule has 4 nitrogen and oxygen atoms in total. The summed E-state index contributed by atoms with van der Waals surface area (Å²) in [7, 11) is 0. The third kappa shape index (κ3) is 2.97. The zero-order valence-corrected chi connectivity index (χ0v) is 13.8. The Morgan fingerprint density at radius 3 is 2.55 bits per heavy atom. The molecule has 0 aliphatic carbocycles. The zero-order chi connectivity index (χ0) is 14.9. The molecule has 2 fully saturated rings. The van der Waals surface area contributed by atoms with Crippen LogP contribution in [0.3, 0.4) is 0 Å². The second kappa shape index (κ2) is 5.96. The van der Waals surface area contributed by atoms with E-state index in [1.165, 1.54) is 5.75 Å². The molecule has 2 amide bonds. The maximum atomic E-state index is 12.9. The van der Waals surface area contributed by atoms with Gasteiger partial charge in [-0.15, -0.1) is 0 Å². The van der Waals surface area contributed by atoms with E-state index in [-0.39, 0.29) is 29.3 Å². The molecule has 2 rings (SSSR count). The highest BCUT2D eigenvalue weighted by atomic mass is 32.2. The van der Waals surface area contributed by atoms with Crippen molar-refractivity contribution in [3.63, 3.8) is 0 Å². The number of nitrogens with one attached hydrogen (secondary N) is 1. The highest BCUT2D eigenvalue weighted by Gasteiger charge is 2.46. The summed E-state index contributed by atoms with van der Waals surface area (Å²) in [5.41, 5.74) is -0.245. The second-order valence-corrected chi connectivity index (χ2v) is 8.00. The van der Waals surface area contributed by atoms with Crippen LogP contribution < -0.4 is 5.32 Å². The Bertz CT molecular complexity index is 386. The summed E-state index contributed by atoms with van der Waals surface area (Å²) in [6.07, 6.45) is 2.85. The first kappa shape index (κ1) is 15.7. The molecule has 2 heterocycles. The van der Waals surface area contributed by atoms with Crippen LogP contribution in [-0.4, -0.2) is 46.3 Å². The van der Waals surface area contributed by atoms with Crippen molar-refractivity contribution >= 4 is 23.6 Å². The van der Waals surface area contributed by atoms with E-state index >= 15 is 0 Å². The van der Waals surface area contributed by atoms with Gasteiger partial charge in [0.15, 0.2) is 0 Å². The average Bonchev–Trinajstić information content (AvgIpc) is 2.40. The first-order valence-corrected chi connectivity index (χ1v) is 8.72. The summed E-state index contributed by atoms with van der Waals surface area (Å²) in [6.45, 7) is 8.01. The van der Waals surface area contributed by atoms with Crippen LogP contribution in [0.25, 0.3) is 0 Å². The third-order valence-electron chi connectivity index (χ3n) is 4.21. The van der Waals surface area contributed by atoms with Crippen LogP contribution >= 0.6 is 11.8 Å². The lowest BCUT2D eigenvalue weighted by Gasteiger charge is -2.47. The molecule has 20 heavy (non-hydrogen) atoms. The lowest BCUT2D eigenvalue weighted by atomic mass is 9.83. The van der Waals surface area contributed by atoms with Crippen LogP contribution in [-0.2, 0) is 9.59 Å². The quantitative estimate of drug-likeness (QED) is 0.848. The Kier molecular flexibility index (Phi) is 4.67. The van der Waals surface area contributed by atoms with Crippen LogP contribution in [0.2, 0.25) is 0 Å². The highest BCUT2D eigenvalue weighted by molar-refractivity contribution is 7.99. The molecule has 5 heteroatoms. The predicted molar refractivity (Wildman–Crippen MR) is 82.7 cm³/mol. The number of hydrogen-bond acceptors (Lipinski definition) is 3. The summed E-state index contributed by atoms with van der Waals surface area (Å²) in [5, 5.41) is 2.94. The van der Waals surface area contributed by atoms with E-state index in [4.69, 9.17) is 0 Å². The van der Waals surface area contributed by atoms with Crippen LogP contribution in [0.4, 0.5) is 0 Å². The van der Waals surface area contributed by atoms with Gasteiger partial charge in [0.2, 0.25) is 11.8 Å². The van der Waals surface area contributed by atoms with Gasteiger partial charge in [-0.1, -0.05) is 27.7 Å². The summed E-state index contributed by atoms with van der Waals surface area (Å²) in [6, 6.07) is -0.461. The fourth-order valence-corrected chi connectivity index (χ4v) is 4.21. The Morgan fingerprint density at radius 2 is 2.05 bits per heavy atom. The molecule has 0 spiro atoms. The first-order chi connectivity index (χ1) is 9.36. The van der Waals surface area contributed by atoms with E-state index in [1.807, 2.05) is 44.4 Å². The van der Waals surface area contributed by atoms with Gasteiger partial charge in [0.25, 0.3) is 0 Å². The van der Waals surface area contributed by atoms with E-state index in [2.05, 4.69) is 5.32 Å². The largest absolute Gasteiger partial charge is 0.342 e. The van der Waals surface area contributed by atoms with Gasteiger partial charge in [0.1, 0.15) is 12.1 Å². The first-order valence-electron chi connectivity index (χ1n) is 7.56. The molecule has 2 aliphatic rings. The minimum Gasteiger partial charge on any atom is -0.342 e. The summed E-state index contributed by atoms with van der Waals surface area (Å²) in [5.74, 6) is 2.26. The summed E-state index contributed by atoms with van der Waals surface area (Å²) >= 11 is 1.90. The minimum absolute atomic E-state index is 0.0163. The molecule has 0 aromatic carbocycles. The van der Waals surface area contributed by atoms with Crippen molar-refractivity contribution in [2.45, 2.75) is 65.1 Å². The van der Waals surface area contributed by atoms with E-state index in [1.54, 1.807) is 0 Å². The minimum atomic E-state index is -0.398. The number of piperazine rings is 1. The molecule has 114 valence electrons. The van der Waals surface area contributed by atoms with E-state index in [0.29, 0.717) is 6.42 Å². The van der Waals surface area contributed by atoms with E-state index in [9.17, 15) is 9.59 Å². The molecular formula is C15H26N2O2S. The van der Waals surface area contributed by atoms with Crippen molar-refractivity contribution in [2.75, 3.05) is 11.5 Å². The molecule has 3 unspecified atom stereocenters. The SMILES string of the molecule is CCC1C(=O)NC(C(C)(C)C)C(=O)N1C1CCCSC1. The predicted octanol–water partition coefficient (Wildman–Crippen LogP) is 2.03. The smallest absolute Gasteiger partial charge is 0.246 e. The van der Waals surface area contributed by atoms with Gasteiger partial charge in [0, 0.05) is 11.8 Å². The van der Waals surface area contributed by atoms with Crippen molar-refractivity contribution in [3.8, 4) is 0 Å². The maximum Gasteiger partial charge on any atom is 0.246 e. The van der Waals surface area contributed by atoms with Gasteiger partial charge >= 0.3 is 0 Å².